The van der Waals surface area contributed by atoms with Crippen LogP contribution in [0.3, 0.4) is 0 Å². The molecule has 2 aromatic heterocycles. The van der Waals surface area contributed by atoms with Gasteiger partial charge in [0.25, 0.3) is 0 Å². The molecule has 1 fully saturated rings. The van der Waals surface area contributed by atoms with E-state index in [1.54, 1.807) is 0 Å². The average molecular weight is 302 g/mol. The monoisotopic (exact) mass is 302 g/mol. The van der Waals surface area contributed by atoms with Crippen LogP contribution >= 0.6 is 0 Å². The Morgan fingerprint density at radius 3 is 2.64 bits per heavy atom. The Balaban J connectivity index is 1.45. The molecule has 1 aliphatic heterocycles. The molecule has 0 saturated carbocycles. The van der Waals surface area contributed by atoms with E-state index in [4.69, 9.17) is 4.74 Å². The van der Waals surface area contributed by atoms with Gasteiger partial charge in [0.2, 0.25) is 0 Å². The van der Waals surface area contributed by atoms with Crippen molar-refractivity contribution in [3.05, 3.63) is 36.3 Å². The van der Waals surface area contributed by atoms with E-state index in [1.165, 1.54) is 0 Å². The van der Waals surface area contributed by atoms with Gasteiger partial charge < -0.3 is 9.14 Å². The van der Waals surface area contributed by atoms with Crippen LogP contribution in [0.15, 0.2) is 30.6 Å². The minimum absolute atomic E-state index is 0.330. The molecule has 0 bridgehead atoms. The van der Waals surface area contributed by atoms with Gasteiger partial charge in [-0.2, -0.15) is 0 Å². The molecule has 22 heavy (non-hydrogen) atoms. The molecular formula is C17H26N4O. The highest BCUT2D eigenvalue weighted by molar-refractivity contribution is 5.39. The summed E-state index contributed by atoms with van der Waals surface area (Å²) in [6, 6.07) is 6.12. The fourth-order valence-electron chi connectivity index (χ4n) is 2.88. The molecular weight excluding hydrogens is 276 g/mol. The molecule has 0 atom stereocenters. The lowest BCUT2D eigenvalue weighted by atomic mass is 10.3. The Bertz CT molecular complexity index is 554. The summed E-state index contributed by atoms with van der Waals surface area (Å²) < 4.78 is 7.72. The quantitative estimate of drug-likeness (QED) is 0.816. The molecule has 1 saturated heterocycles. The zero-order valence-electron chi connectivity index (χ0n) is 13.6. The van der Waals surface area contributed by atoms with E-state index >= 15 is 0 Å². The van der Waals surface area contributed by atoms with Crippen molar-refractivity contribution in [1.82, 2.24) is 19.2 Å². The second-order valence-electron chi connectivity index (χ2n) is 6.24. The predicted octanol–water partition coefficient (Wildman–Crippen LogP) is 1.88. The molecule has 2 aromatic rings. The first kappa shape index (κ1) is 15.5. The first-order chi connectivity index (χ1) is 10.7. The number of pyridine rings is 1. The summed E-state index contributed by atoms with van der Waals surface area (Å²) in [5.41, 5.74) is 2.18. The highest BCUT2D eigenvalue weighted by Crippen LogP contribution is 2.10. The lowest BCUT2D eigenvalue weighted by Crippen LogP contribution is -2.46. The van der Waals surface area contributed by atoms with Gasteiger partial charge >= 0.3 is 0 Å². The average Bonchev–Trinajstić information content (AvgIpc) is 2.91. The molecule has 120 valence electrons. The van der Waals surface area contributed by atoms with Crippen LogP contribution < -0.4 is 0 Å². The van der Waals surface area contributed by atoms with E-state index in [0.29, 0.717) is 6.10 Å². The fraction of sp³-hybridized carbons (Fsp3) is 0.588. The number of imidazole rings is 1. The third kappa shape index (κ3) is 4.06. The second kappa shape index (κ2) is 7.22. The van der Waals surface area contributed by atoms with Gasteiger partial charge in [0.05, 0.1) is 18.4 Å². The van der Waals surface area contributed by atoms with Crippen molar-refractivity contribution in [1.29, 1.82) is 0 Å². The maximum atomic E-state index is 5.63. The van der Waals surface area contributed by atoms with Gasteiger partial charge in [0.1, 0.15) is 5.65 Å². The molecule has 5 heteroatoms. The van der Waals surface area contributed by atoms with Crippen LogP contribution in [0.25, 0.3) is 5.65 Å². The third-order valence-corrected chi connectivity index (χ3v) is 4.12. The summed E-state index contributed by atoms with van der Waals surface area (Å²) in [5.74, 6) is 0. The van der Waals surface area contributed by atoms with Crippen molar-refractivity contribution >= 4 is 5.65 Å². The molecule has 0 unspecified atom stereocenters. The highest BCUT2D eigenvalue weighted by atomic mass is 16.5. The zero-order valence-corrected chi connectivity index (χ0v) is 13.6. The Hall–Kier alpha value is -1.43. The van der Waals surface area contributed by atoms with Crippen LogP contribution in [0.5, 0.6) is 0 Å². The minimum Gasteiger partial charge on any atom is -0.377 e. The Morgan fingerprint density at radius 1 is 1.14 bits per heavy atom. The van der Waals surface area contributed by atoms with Crippen LogP contribution in [-0.2, 0) is 11.3 Å². The van der Waals surface area contributed by atoms with Crippen LogP contribution in [0.4, 0.5) is 0 Å². The van der Waals surface area contributed by atoms with Gasteiger partial charge in [-0.15, -0.1) is 0 Å². The largest absolute Gasteiger partial charge is 0.377 e. The molecule has 3 heterocycles. The molecule has 0 spiro atoms. The first-order valence-corrected chi connectivity index (χ1v) is 8.19. The van der Waals surface area contributed by atoms with E-state index < -0.39 is 0 Å². The van der Waals surface area contributed by atoms with Crippen LogP contribution in [0.2, 0.25) is 0 Å². The van der Waals surface area contributed by atoms with Gasteiger partial charge in [-0.05, 0) is 26.0 Å². The van der Waals surface area contributed by atoms with E-state index in [9.17, 15) is 0 Å². The third-order valence-electron chi connectivity index (χ3n) is 4.12. The van der Waals surface area contributed by atoms with Crippen molar-refractivity contribution in [3.63, 3.8) is 0 Å². The van der Waals surface area contributed by atoms with Crippen molar-refractivity contribution in [2.75, 3.05) is 39.3 Å². The van der Waals surface area contributed by atoms with Gasteiger partial charge in [0.15, 0.2) is 0 Å². The summed E-state index contributed by atoms with van der Waals surface area (Å²) in [7, 11) is 0. The lowest BCUT2D eigenvalue weighted by molar-refractivity contribution is 0.0436. The molecule has 0 amide bonds. The topological polar surface area (TPSA) is 33.0 Å². The van der Waals surface area contributed by atoms with E-state index in [1.807, 2.05) is 12.1 Å². The van der Waals surface area contributed by atoms with Gasteiger partial charge in [0, 0.05) is 51.7 Å². The van der Waals surface area contributed by atoms with E-state index in [0.717, 1.165) is 57.2 Å². The molecule has 0 radical (unpaired) electrons. The normalized spacial score (nSPS) is 17.6. The Morgan fingerprint density at radius 2 is 1.91 bits per heavy atom. The SMILES string of the molecule is CC(C)OCCN1CCN(Cc2cn3ccccc3n2)CC1. The number of fused-ring (bicyclic) bond motifs is 1. The van der Waals surface area contributed by atoms with Gasteiger partial charge in [-0.3, -0.25) is 9.80 Å². The Labute approximate surface area is 132 Å². The van der Waals surface area contributed by atoms with Crippen LogP contribution in [0, 0.1) is 0 Å². The highest BCUT2D eigenvalue weighted by Gasteiger charge is 2.17. The molecule has 0 aromatic carbocycles. The Kier molecular flexibility index (Phi) is 5.08. The molecule has 0 aliphatic carbocycles. The minimum atomic E-state index is 0.330. The number of hydrogen-bond acceptors (Lipinski definition) is 4. The molecule has 5 nitrogen and oxygen atoms in total. The number of ether oxygens (including phenoxy) is 1. The molecule has 0 N–H and O–H groups in total. The fourth-order valence-corrected chi connectivity index (χ4v) is 2.88. The van der Waals surface area contributed by atoms with E-state index in [-0.39, 0.29) is 0 Å². The predicted molar refractivity (Wildman–Crippen MR) is 88.0 cm³/mol. The molecule has 3 rings (SSSR count). The van der Waals surface area contributed by atoms with Crippen molar-refractivity contribution in [3.8, 4) is 0 Å². The van der Waals surface area contributed by atoms with Gasteiger partial charge in [-0.1, -0.05) is 6.07 Å². The summed E-state index contributed by atoms with van der Waals surface area (Å²) in [6.45, 7) is 11.5. The first-order valence-electron chi connectivity index (χ1n) is 8.19. The standard InChI is InChI=1S/C17H26N4O/c1-15(2)22-12-11-19-7-9-20(10-8-19)13-16-14-21-6-4-3-5-17(21)18-16/h3-6,14-15H,7-13H2,1-2H3. The number of rotatable bonds is 6. The van der Waals surface area contributed by atoms with Crippen LogP contribution in [0.1, 0.15) is 19.5 Å². The summed E-state index contributed by atoms with van der Waals surface area (Å²) in [5, 5.41) is 0. The number of piperazine rings is 1. The van der Waals surface area contributed by atoms with Crippen molar-refractivity contribution in [2.24, 2.45) is 0 Å². The van der Waals surface area contributed by atoms with Gasteiger partial charge in [-0.25, -0.2) is 4.98 Å². The zero-order chi connectivity index (χ0) is 15.4. The van der Waals surface area contributed by atoms with E-state index in [2.05, 4.69) is 51.5 Å². The number of hydrogen-bond donors (Lipinski definition) is 0. The maximum absolute atomic E-state index is 5.63. The summed E-state index contributed by atoms with van der Waals surface area (Å²) >= 11 is 0. The van der Waals surface area contributed by atoms with Crippen molar-refractivity contribution < 1.29 is 4.74 Å². The summed E-state index contributed by atoms with van der Waals surface area (Å²) in [6.07, 6.45) is 4.52. The lowest BCUT2D eigenvalue weighted by Gasteiger charge is -2.34. The number of nitrogens with zero attached hydrogens (tertiary/aromatic N) is 4. The summed E-state index contributed by atoms with van der Waals surface area (Å²) in [4.78, 5) is 9.66. The molecule has 1 aliphatic rings. The number of aromatic nitrogens is 2. The smallest absolute Gasteiger partial charge is 0.137 e. The van der Waals surface area contributed by atoms with Crippen molar-refractivity contribution in [2.45, 2.75) is 26.5 Å². The second-order valence-corrected chi connectivity index (χ2v) is 6.24. The maximum Gasteiger partial charge on any atom is 0.137 e. The van der Waals surface area contributed by atoms with Crippen LogP contribution in [-0.4, -0.2) is 64.6 Å².